The number of halogens is 2. The molecule has 5 heteroatoms. The molecular weight excluding hydrogens is 190 g/mol. The number of fused-ring (bicyclic) bond motifs is 1. The van der Waals surface area contributed by atoms with Gasteiger partial charge in [0.15, 0.2) is 0 Å². The highest BCUT2D eigenvalue weighted by molar-refractivity contribution is 5.78. The Kier molecular flexibility index (Phi) is 2.21. The Morgan fingerprint density at radius 3 is 2.79 bits per heavy atom. The van der Waals surface area contributed by atoms with Crippen molar-refractivity contribution in [1.29, 1.82) is 0 Å². The predicted molar refractivity (Wildman–Crippen MR) is 46.8 cm³/mol. The fourth-order valence-corrected chi connectivity index (χ4v) is 2.54. The molecule has 1 amide bonds. The molecule has 0 radical (unpaired) electrons. The SMILES string of the molecule is NCC(=O)N1C[C@H]2CCC(F)(F)[C@@H]2C1. The molecule has 1 heterocycles. The molecule has 0 spiro atoms. The van der Waals surface area contributed by atoms with Crippen LogP contribution in [0.1, 0.15) is 12.8 Å². The molecule has 0 unspecified atom stereocenters. The minimum Gasteiger partial charge on any atom is -0.341 e. The standard InChI is InChI=1S/C9H14F2N2O/c10-9(11)2-1-6-4-13(5-7(6)9)8(14)3-12/h6-7H,1-5,12H2/t6-,7-/m1/s1. The van der Waals surface area contributed by atoms with Crippen LogP contribution in [0.4, 0.5) is 8.78 Å². The molecule has 0 bridgehead atoms. The van der Waals surface area contributed by atoms with E-state index < -0.39 is 11.8 Å². The smallest absolute Gasteiger partial charge is 0.252 e. The van der Waals surface area contributed by atoms with Gasteiger partial charge in [0.2, 0.25) is 5.91 Å². The van der Waals surface area contributed by atoms with Gasteiger partial charge < -0.3 is 10.6 Å². The second-order valence-corrected chi connectivity index (χ2v) is 4.17. The van der Waals surface area contributed by atoms with Crippen LogP contribution in [0.15, 0.2) is 0 Å². The van der Waals surface area contributed by atoms with Gasteiger partial charge in [0.1, 0.15) is 0 Å². The van der Waals surface area contributed by atoms with Crippen molar-refractivity contribution in [2.75, 3.05) is 19.6 Å². The van der Waals surface area contributed by atoms with E-state index in [1.165, 1.54) is 4.90 Å². The summed E-state index contributed by atoms with van der Waals surface area (Å²) in [7, 11) is 0. The number of hydrogen-bond acceptors (Lipinski definition) is 2. The monoisotopic (exact) mass is 204 g/mol. The Morgan fingerprint density at radius 1 is 1.50 bits per heavy atom. The van der Waals surface area contributed by atoms with E-state index in [9.17, 15) is 13.6 Å². The van der Waals surface area contributed by atoms with E-state index in [2.05, 4.69) is 0 Å². The largest absolute Gasteiger partial charge is 0.341 e. The second-order valence-electron chi connectivity index (χ2n) is 4.17. The fraction of sp³-hybridized carbons (Fsp3) is 0.889. The van der Waals surface area contributed by atoms with Gasteiger partial charge in [0.05, 0.1) is 6.54 Å². The zero-order valence-electron chi connectivity index (χ0n) is 7.88. The number of amides is 1. The Balaban J connectivity index is 2.05. The first-order valence-electron chi connectivity index (χ1n) is 4.90. The van der Waals surface area contributed by atoms with Crippen molar-refractivity contribution in [1.82, 2.24) is 4.90 Å². The van der Waals surface area contributed by atoms with Crippen molar-refractivity contribution in [2.24, 2.45) is 17.6 Å². The van der Waals surface area contributed by atoms with Gasteiger partial charge in [-0.3, -0.25) is 4.79 Å². The summed E-state index contributed by atoms with van der Waals surface area (Å²) in [5.41, 5.74) is 5.19. The van der Waals surface area contributed by atoms with Crippen molar-refractivity contribution >= 4 is 5.91 Å². The van der Waals surface area contributed by atoms with Crippen LogP contribution in [-0.2, 0) is 4.79 Å². The maximum Gasteiger partial charge on any atom is 0.252 e. The summed E-state index contributed by atoms with van der Waals surface area (Å²) in [6.07, 6.45) is 0.513. The molecule has 2 N–H and O–H groups in total. The summed E-state index contributed by atoms with van der Waals surface area (Å²) in [5, 5.41) is 0. The summed E-state index contributed by atoms with van der Waals surface area (Å²) in [6, 6.07) is 0. The van der Waals surface area contributed by atoms with Crippen LogP contribution in [0.25, 0.3) is 0 Å². The van der Waals surface area contributed by atoms with Crippen LogP contribution >= 0.6 is 0 Å². The molecule has 1 aliphatic carbocycles. The lowest BCUT2D eigenvalue weighted by Gasteiger charge is -2.19. The lowest BCUT2D eigenvalue weighted by molar-refractivity contribution is -0.129. The average molecular weight is 204 g/mol. The Morgan fingerprint density at radius 2 is 2.21 bits per heavy atom. The Hall–Kier alpha value is -0.710. The number of likely N-dealkylation sites (tertiary alicyclic amines) is 1. The van der Waals surface area contributed by atoms with E-state index in [4.69, 9.17) is 5.73 Å². The van der Waals surface area contributed by atoms with Gasteiger partial charge in [-0.1, -0.05) is 0 Å². The van der Waals surface area contributed by atoms with Crippen LogP contribution in [-0.4, -0.2) is 36.4 Å². The number of nitrogens with two attached hydrogens (primary N) is 1. The summed E-state index contributed by atoms with van der Waals surface area (Å²) in [6.45, 7) is 0.578. The molecule has 80 valence electrons. The van der Waals surface area contributed by atoms with Crippen LogP contribution in [0, 0.1) is 11.8 Å². The molecule has 2 fully saturated rings. The van der Waals surface area contributed by atoms with E-state index in [0.29, 0.717) is 13.0 Å². The summed E-state index contributed by atoms with van der Waals surface area (Å²) < 4.78 is 26.5. The van der Waals surface area contributed by atoms with Gasteiger partial charge in [0.25, 0.3) is 5.92 Å². The number of alkyl halides is 2. The molecule has 0 aromatic carbocycles. The highest BCUT2D eigenvalue weighted by Crippen LogP contribution is 2.48. The maximum atomic E-state index is 13.3. The maximum absolute atomic E-state index is 13.3. The summed E-state index contributed by atoms with van der Waals surface area (Å²) in [4.78, 5) is 12.7. The van der Waals surface area contributed by atoms with E-state index >= 15 is 0 Å². The van der Waals surface area contributed by atoms with Crippen LogP contribution in [0.2, 0.25) is 0 Å². The molecule has 3 nitrogen and oxygen atoms in total. The van der Waals surface area contributed by atoms with Gasteiger partial charge >= 0.3 is 0 Å². The molecule has 2 atom stereocenters. The minimum absolute atomic E-state index is 0.0134. The fourth-order valence-electron chi connectivity index (χ4n) is 2.54. The topological polar surface area (TPSA) is 46.3 Å². The van der Waals surface area contributed by atoms with Crippen LogP contribution in [0.5, 0.6) is 0 Å². The Labute approximate surface area is 81.2 Å². The normalized spacial score (nSPS) is 34.6. The van der Waals surface area contributed by atoms with Crippen LogP contribution in [0.3, 0.4) is 0 Å². The molecule has 0 aromatic heterocycles. The van der Waals surface area contributed by atoms with Gasteiger partial charge in [-0.15, -0.1) is 0 Å². The first kappa shape index (κ1) is 9.83. The van der Waals surface area contributed by atoms with Gasteiger partial charge in [-0.05, 0) is 12.3 Å². The molecule has 1 aliphatic heterocycles. The first-order valence-corrected chi connectivity index (χ1v) is 4.90. The highest BCUT2D eigenvalue weighted by atomic mass is 19.3. The third kappa shape index (κ3) is 1.39. The molecule has 14 heavy (non-hydrogen) atoms. The number of hydrogen-bond donors (Lipinski definition) is 1. The number of carbonyl (C=O) groups is 1. The second kappa shape index (κ2) is 3.15. The van der Waals surface area contributed by atoms with E-state index in [1.54, 1.807) is 0 Å². The third-order valence-corrected chi connectivity index (χ3v) is 3.36. The van der Waals surface area contributed by atoms with Gasteiger partial charge in [-0.25, -0.2) is 8.78 Å². The van der Waals surface area contributed by atoms with Crippen molar-refractivity contribution in [3.05, 3.63) is 0 Å². The number of carbonyl (C=O) groups excluding carboxylic acids is 1. The van der Waals surface area contributed by atoms with E-state index in [-0.39, 0.29) is 31.3 Å². The third-order valence-electron chi connectivity index (χ3n) is 3.36. The predicted octanol–water partition coefficient (Wildman–Crippen LogP) is 0.449. The van der Waals surface area contributed by atoms with Gasteiger partial charge in [-0.2, -0.15) is 0 Å². The molecular formula is C9H14F2N2O. The van der Waals surface area contributed by atoms with Crippen molar-refractivity contribution < 1.29 is 13.6 Å². The molecule has 2 aliphatic rings. The molecule has 1 saturated carbocycles. The van der Waals surface area contributed by atoms with E-state index in [1.807, 2.05) is 0 Å². The van der Waals surface area contributed by atoms with Crippen LogP contribution < -0.4 is 5.73 Å². The van der Waals surface area contributed by atoms with Crippen molar-refractivity contribution in [3.63, 3.8) is 0 Å². The van der Waals surface area contributed by atoms with E-state index in [0.717, 1.165) is 0 Å². The quantitative estimate of drug-likeness (QED) is 0.674. The average Bonchev–Trinajstić information content (AvgIpc) is 2.67. The van der Waals surface area contributed by atoms with Crippen molar-refractivity contribution in [2.45, 2.75) is 18.8 Å². The zero-order chi connectivity index (χ0) is 10.3. The summed E-state index contributed by atoms with van der Waals surface area (Å²) in [5.74, 6) is -3.43. The summed E-state index contributed by atoms with van der Waals surface area (Å²) >= 11 is 0. The molecule has 0 aromatic rings. The lowest BCUT2D eigenvalue weighted by Crippen LogP contribution is -2.36. The number of nitrogens with zero attached hydrogens (tertiary/aromatic N) is 1. The lowest BCUT2D eigenvalue weighted by atomic mass is 9.99. The highest BCUT2D eigenvalue weighted by Gasteiger charge is 2.54. The van der Waals surface area contributed by atoms with Gasteiger partial charge in [0, 0.05) is 25.4 Å². The zero-order valence-corrected chi connectivity index (χ0v) is 7.88. The Bertz CT molecular complexity index is 257. The molecule has 2 rings (SSSR count). The first-order chi connectivity index (χ1) is 6.54. The molecule has 1 saturated heterocycles. The number of rotatable bonds is 1. The van der Waals surface area contributed by atoms with Crippen molar-refractivity contribution in [3.8, 4) is 0 Å². The minimum atomic E-state index is -2.58.